The maximum atomic E-state index is 14.8. The molecule has 4 aromatic rings. The average Bonchev–Trinajstić information content (AvgIpc) is 3.29. The Balaban J connectivity index is 1.63. The number of hydrogen-bond donors (Lipinski definition) is 0. The maximum Gasteiger partial charge on any atom is 0.435 e. The van der Waals surface area contributed by atoms with Crippen LogP contribution in [-0.4, -0.2) is 50.6 Å². The molecule has 0 fully saturated rings. The average molecular weight is 465 g/mol. The van der Waals surface area contributed by atoms with Gasteiger partial charge in [0.2, 0.25) is 0 Å². The third-order valence-electron chi connectivity index (χ3n) is 4.84. The minimum absolute atomic E-state index is 0.0965. The molecule has 0 N–H and O–H groups in total. The highest BCUT2D eigenvalue weighted by Crippen LogP contribution is 2.29. The smallest absolute Gasteiger partial charge is 0.435 e. The first-order valence-electron chi connectivity index (χ1n) is 10.5. The summed E-state index contributed by atoms with van der Waals surface area (Å²) in [6.45, 7) is 5.34. The Kier molecular flexibility index (Phi) is 6.14. The lowest BCUT2D eigenvalue weighted by atomic mass is 10.1. The number of ether oxygens (including phenoxy) is 3. The summed E-state index contributed by atoms with van der Waals surface area (Å²) in [4.78, 5) is 25.8. The van der Waals surface area contributed by atoms with Gasteiger partial charge < -0.3 is 14.2 Å². The molecule has 0 aliphatic heterocycles. The van der Waals surface area contributed by atoms with Gasteiger partial charge in [-0.25, -0.2) is 19.2 Å². The lowest BCUT2D eigenvalue weighted by Gasteiger charge is -2.18. The molecule has 34 heavy (non-hydrogen) atoms. The Labute approximate surface area is 195 Å². The van der Waals surface area contributed by atoms with Crippen LogP contribution in [0.3, 0.4) is 0 Å². The van der Waals surface area contributed by atoms with E-state index in [1.165, 1.54) is 32.7 Å². The summed E-state index contributed by atoms with van der Waals surface area (Å²) in [5, 5.41) is 4.06. The molecule has 176 valence electrons. The molecule has 10 heteroatoms. The van der Waals surface area contributed by atoms with Crippen molar-refractivity contribution in [1.29, 1.82) is 0 Å². The molecule has 0 saturated carbocycles. The third kappa shape index (κ3) is 4.95. The Morgan fingerprint density at radius 2 is 1.88 bits per heavy atom. The second-order valence-corrected chi connectivity index (χ2v) is 8.53. The number of aromatic nitrogens is 5. The first-order valence-corrected chi connectivity index (χ1v) is 10.5. The zero-order valence-corrected chi connectivity index (χ0v) is 19.5. The Morgan fingerprint density at radius 3 is 2.59 bits per heavy atom. The highest BCUT2D eigenvalue weighted by molar-refractivity contribution is 5.75. The molecule has 0 amide bonds. The van der Waals surface area contributed by atoms with E-state index in [0.717, 1.165) is 4.68 Å². The molecule has 4 rings (SSSR count). The van der Waals surface area contributed by atoms with Crippen LogP contribution >= 0.6 is 0 Å². The van der Waals surface area contributed by atoms with Gasteiger partial charge in [0.1, 0.15) is 16.9 Å². The molecule has 0 aliphatic carbocycles. The molecule has 0 aliphatic rings. The van der Waals surface area contributed by atoms with Crippen LogP contribution in [0.1, 0.15) is 32.0 Å². The molecule has 0 spiro atoms. The Bertz CT molecular complexity index is 1360. The molecule has 0 saturated heterocycles. The highest BCUT2D eigenvalue weighted by Gasteiger charge is 2.19. The van der Waals surface area contributed by atoms with Crippen LogP contribution in [-0.2, 0) is 11.2 Å². The van der Waals surface area contributed by atoms with Gasteiger partial charge in [-0.15, -0.1) is 0 Å². The lowest BCUT2D eigenvalue weighted by Crippen LogP contribution is -2.27. The van der Waals surface area contributed by atoms with E-state index in [-0.39, 0.29) is 12.2 Å². The minimum Gasteiger partial charge on any atom is -0.497 e. The van der Waals surface area contributed by atoms with Gasteiger partial charge in [-0.05, 0) is 39.0 Å². The van der Waals surface area contributed by atoms with Crippen LogP contribution in [0.2, 0.25) is 0 Å². The fourth-order valence-electron chi connectivity index (χ4n) is 3.26. The summed E-state index contributed by atoms with van der Waals surface area (Å²) < 4.78 is 31.5. The van der Waals surface area contributed by atoms with Crippen LogP contribution in [0.15, 0.2) is 42.9 Å². The number of rotatable bonds is 5. The van der Waals surface area contributed by atoms with Gasteiger partial charge in [0.25, 0.3) is 0 Å². The van der Waals surface area contributed by atoms with Crippen molar-refractivity contribution in [2.75, 3.05) is 14.2 Å². The van der Waals surface area contributed by atoms with Crippen LogP contribution in [0.5, 0.6) is 11.5 Å². The minimum atomic E-state index is -0.640. The predicted molar refractivity (Wildman–Crippen MR) is 122 cm³/mol. The van der Waals surface area contributed by atoms with Gasteiger partial charge in [0, 0.05) is 35.5 Å². The van der Waals surface area contributed by atoms with E-state index in [2.05, 4.69) is 20.1 Å². The summed E-state index contributed by atoms with van der Waals surface area (Å²) in [5.41, 5.74) is 2.37. The van der Waals surface area contributed by atoms with E-state index in [1.807, 2.05) is 0 Å². The molecule has 3 heterocycles. The molecule has 0 atom stereocenters. The molecule has 0 radical (unpaired) electrons. The summed E-state index contributed by atoms with van der Waals surface area (Å²) in [7, 11) is 2.91. The van der Waals surface area contributed by atoms with Crippen molar-refractivity contribution in [2.45, 2.75) is 32.8 Å². The second kappa shape index (κ2) is 9.05. The fourth-order valence-corrected chi connectivity index (χ4v) is 3.26. The monoisotopic (exact) mass is 465 g/mol. The summed E-state index contributed by atoms with van der Waals surface area (Å²) in [6.07, 6.45) is 4.21. The topological polar surface area (TPSA) is 101 Å². The molecular formula is C24H24FN5O4. The molecule has 0 unspecified atom stereocenters. The van der Waals surface area contributed by atoms with Gasteiger partial charge in [-0.1, -0.05) is 0 Å². The van der Waals surface area contributed by atoms with Crippen molar-refractivity contribution in [3.05, 3.63) is 59.9 Å². The van der Waals surface area contributed by atoms with E-state index in [4.69, 9.17) is 14.2 Å². The normalized spacial score (nSPS) is 11.5. The summed E-state index contributed by atoms with van der Waals surface area (Å²) >= 11 is 0. The van der Waals surface area contributed by atoms with Crippen molar-refractivity contribution in [2.24, 2.45) is 0 Å². The lowest BCUT2D eigenvalue weighted by molar-refractivity contribution is 0.0514. The van der Waals surface area contributed by atoms with Gasteiger partial charge in [0.05, 0.1) is 32.3 Å². The van der Waals surface area contributed by atoms with Crippen LogP contribution < -0.4 is 9.47 Å². The number of pyridine rings is 1. The fraction of sp³-hybridized carbons (Fsp3) is 0.292. The predicted octanol–water partition coefficient (Wildman–Crippen LogP) is 4.42. The first kappa shape index (κ1) is 23.1. The summed E-state index contributed by atoms with van der Waals surface area (Å²) in [5.74, 6) is 0.108. The zero-order chi connectivity index (χ0) is 24.5. The third-order valence-corrected chi connectivity index (χ3v) is 4.84. The number of nitrogens with zero attached hydrogens (tertiary/aromatic N) is 5. The zero-order valence-electron chi connectivity index (χ0n) is 19.5. The number of carbonyl (C=O) groups excluding carboxylic acids is 1. The SMILES string of the molecule is COc1cc(Cc2ccc3ncc(-c4cnn(C(=O)OC(C)(C)C)c4)nc3n2)c(F)c(OC)c1. The van der Waals surface area contributed by atoms with Crippen molar-refractivity contribution in [1.82, 2.24) is 24.7 Å². The largest absolute Gasteiger partial charge is 0.497 e. The van der Waals surface area contributed by atoms with E-state index >= 15 is 0 Å². The number of fused-ring (bicyclic) bond motifs is 1. The van der Waals surface area contributed by atoms with Crippen molar-refractivity contribution in [3.63, 3.8) is 0 Å². The Hall–Kier alpha value is -4.08. The molecule has 3 aromatic heterocycles. The van der Waals surface area contributed by atoms with E-state index < -0.39 is 17.5 Å². The first-order chi connectivity index (χ1) is 16.2. The number of methoxy groups -OCH3 is 2. The van der Waals surface area contributed by atoms with Gasteiger partial charge >= 0.3 is 6.09 Å². The molecule has 1 aromatic carbocycles. The number of halogens is 1. The van der Waals surface area contributed by atoms with E-state index in [1.54, 1.807) is 45.2 Å². The molecular weight excluding hydrogens is 441 g/mol. The number of benzene rings is 1. The Morgan fingerprint density at radius 1 is 1.09 bits per heavy atom. The number of carbonyl (C=O) groups is 1. The molecule has 9 nitrogen and oxygen atoms in total. The van der Waals surface area contributed by atoms with Crippen LogP contribution in [0, 0.1) is 5.82 Å². The number of hydrogen-bond acceptors (Lipinski definition) is 8. The van der Waals surface area contributed by atoms with Crippen LogP contribution in [0.25, 0.3) is 22.4 Å². The van der Waals surface area contributed by atoms with Crippen LogP contribution in [0.4, 0.5) is 9.18 Å². The second-order valence-electron chi connectivity index (χ2n) is 8.53. The van der Waals surface area contributed by atoms with Crippen molar-refractivity contribution < 1.29 is 23.4 Å². The van der Waals surface area contributed by atoms with Gasteiger partial charge in [0.15, 0.2) is 17.2 Å². The van der Waals surface area contributed by atoms with Gasteiger partial charge in [-0.3, -0.25) is 4.98 Å². The van der Waals surface area contributed by atoms with E-state index in [9.17, 15) is 9.18 Å². The van der Waals surface area contributed by atoms with Crippen molar-refractivity contribution in [3.8, 4) is 22.8 Å². The molecule has 0 bridgehead atoms. The summed E-state index contributed by atoms with van der Waals surface area (Å²) in [6, 6.07) is 6.63. The van der Waals surface area contributed by atoms with Crippen molar-refractivity contribution >= 4 is 17.3 Å². The quantitative estimate of drug-likeness (QED) is 0.427. The maximum absolute atomic E-state index is 14.8. The highest BCUT2D eigenvalue weighted by atomic mass is 19.1. The van der Waals surface area contributed by atoms with E-state index in [0.29, 0.717) is 39.4 Å². The standard InChI is InChI=1S/C24H24FN5O4/c1-24(2,3)34-23(31)30-13-15(11-27-30)19-12-26-18-7-6-16(28-22(18)29-19)8-14-9-17(32-4)10-20(33-5)21(14)25/h6-7,9-13H,8H2,1-5H3. The van der Waals surface area contributed by atoms with Gasteiger partial charge in [-0.2, -0.15) is 9.78 Å².